The van der Waals surface area contributed by atoms with E-state index < -0.39 is 0 Å². The standard InChI is InChI=1S/C23H19N3O2S/c27-22(21-14-17-8-4-5-12-20(17)28-21)26-23(29)25-19-11-6-7-16(13-19)15-24-18-9-2-1-3-10-18/h1-14,24H,15H2,(H2,25,26,27,29). The zero-order valence-corrected chi connectivity index (χ0v) is 16.3. The van der Waals surface area contributed by atoms with E-state index in [-0.39, 0.29) is 16.8 Å². The maximum Gasteiger partial charge on any atom is 0.293 e. The van der Waals surface area contributed by atoms with E-state index in [0.29, 0.717) is 12.1 Å². The van der Waals surface area contributed by atoms with Gasteiger partial charge in [-0.25, -0.2) is 0 Å². The highest BCUT2D eigenvalue weighted by Gasteiger charge is 2.13. The molecule has 1 heterocycles. The molecule has 4 rings (SSSR count). The molecule has 144 valence electrons. The van der Waals surface area contributed by atoms with Gasteiger partial charge in [-0.1, -0.05) is 48.5 Å². The van der Waals surface area contributed by atoms with Crippen LogP contribution in [0.25, 0.3) is 11.0 Å². The minimum absolute atomic E-state index is 0.212. The van der Waals surface area contributed by atoms with Crippen LogP contribution in [-0.2, 0) is 6.54 Å². The molecular formula is C23H19N3O2S. The Balaban J connectivity index is 1.36. The lowest BCUT2D eigenvalue weighted by molar-refractivity contribution is 0.0953. The summed E-state index contributed by atoms with van der Waals surface area (Å²) in [6.07, 6.45) is 0. The molecule has 0 bridgehead atoms. The number of hydrogen-bond donors (Lipinski definition) is 3. The lowest BCUT2D eigenvalue weighted by Crippen LogP contribution is -2.33. The summed E-state index contributed by atoms with van der Waals surface area (Å²) in [6.45, 7) is 0.678. The number of amides is 1. The number of anilines is 2. The van der Waals surface area contributed by atoms with Crippen molar-refractivity contribution in [1.29, 1.82) is 0 Å². The molecule has 3 aromatic carbocycles. The van der Waals surface area contributed by atoms with Crippen LogP contribution in [0.4, 0.5) is 11.4 Å². The van der Waals surface area contributed by atoms with Crippen molar-refractivity contribution in [3.8, 4) is 0 Å². The first kappa shape index (κ1) is 18.7. The second-order valence-electron chi connectivity index (χ2n) is 6.48. The molecule has 0 aliphatic carbocycles. The summed E-state index contributed by atoms with van der Waals surface area (Å²) in [6, 6.07) is 27.0. The molecule has 5 nitrogen and oxygen atoms in total. The quantitative estimate of drug-likeness (QED) is 0.403. The molecule has 29 heavy (non-hydrogen) atoms. The highest BCUT2D eigenvalue weighted by Crippen LogP contribution is 2.19. The molecule has 0 atom stereocenters. The second kappa shape index (κ2) is 8.58. The van der Waals surface area contributed by atoms with Gasteiger partial charge >= 0.3 is 0 Å². The number of para-hydroxylation sites is 2. The van der Waals surface area contributed by atoms with Gasteiger partial charge in [0.1, 0.15) is 5.58 Å². The molecule has 0 aliphatic rings. The highest BCUT2D eigenvalue weighted by molar-refractivity contribution is 7.80. The van der Waals surface area contributed by atoms with Crippen molar-refractivity contribution in [2.75, 3.05) is 10.6 Å². The van der Waals surface area contributed by atoms with Gasteiger partial charge in [0.15, 0.2) is 10.9 Å². The maximum atomic E-state index is 12.4. The van der Waals surface area contributed by atoms with Gasteiger partial charge in [0.2, 0.25) is 0 Å². The van der Waals surface area contributed by atoms with Crippen molar-refractivity contribution in [2.24, 2.45) is 0 Å². The number of thiocarbonyl (C=S) groups is 1. The lowest BCUT2D eigenvalue weighted by Gasteiger charge is -2.11. The smallest absolute Gasteiger partial charge is 0.293 e. The Morgan fingerprint density at radius 1 is 0.862 bits per heavy atom. The van der Waals surface area contributed by atoms with E-state index in [1.807, 2.05) is 78.9 Å². The second-order valence-corrected chi connectivity index (χ2v) is 6.88. The van der Waals surface area contributed by atoms with E-state index in [1.54, 1.807) is 6.07 Å². The molecule has 0 radical (unpaired) electrons. The van der Waals surface area contributed by atoms with Gasteiger partial charge in [-0.05, 0) is 54.2 Å². The summed E-state index contributed by atoms with van der Waals surface area (Å²) in [7, 11) is 0. The monoisotopic (exact) mass is 401 g/mol. The van der Waals surface area contributed by atoms with Crippen LogP contribution in [0, 0.1) is 0 Å². The number of rotatable bonds is 5. The van der Waals surface area contributed by atoms with Gasteiger partial charge in [0.25, 0.3) is 5.91 Å². The first-order chi connectivity index (χ1) is 14.2. The third kappa shape index (κ3) is 4.80. The number of carbonyl (C=O) groups excluding carboxylic acids is 1. The molecule has 0 unspecified atom stereocenters. The van der Waals surface area contributed by atoms with Crippen molar-refractivity contribution >= 4 is 45.6 Å². The van der Waals surface area contributed by atoms with Crippen LogP contribution in [0.3, 0.4) is 0 Å². The fraction of sp³-hybridized carbons (Fsp3) is 0.0435. The summed E-state index contributed by atoms with van der Waals surface area (Å²) in [5, 5.41) is 10.1. The Morgan fingerprint density at radius 3 is 2.45 bits per heavy atom. The fourth-order valence-electron chi connectivity index (χ4n) is 2.94. The Morgan fingerprint density at radius 2 is 1.62 bits per heavy atom. The van der Waals surface area contributed by atoms with Crippen molar-refractivity contribution in [3.05, 3.63) is 96.3 Å². The average Bonchev–Trinajstić information content (AvgIpc) is 3.18. The third-order valence-corrected chi connectivity index (χ3v) is 4.54. The number of hydrogen-bond acceptors (Lipinski definition) is 4. The molecule has 0 spiro atoms. The van der Waals surface area contributed by atoms with Gasteiger partial charge in [-0.3, -0.25) is 10.1 Å². The maximum absolute atomic E-state index is 12.4. The van der Waals surface area contributed by atoms with E-state index in [9.17, 15) is 4.79 Å². The number of fused-ring (bicyclic) bond motifs is 1. The van der Waals surface area contributed by atoms with Gasteiger partial charge in [-0.2, -0.15) is 0 Å². The molecule has 0 fully saturated rings. The number of nitrogens with one attached hydrogen (secondary N) is 3. The van der Waals surface area contributed by atoms with Crippen LogP contribution in [-0.4, -0.2) is 11.0 Å². The molecule has 0 aliphatic heterocycles. The predicted molar refractivity (Wildman–Crippen MR) is 120 cm³/mol. The van der Waals surface area contributed by atoms with Crippen LogP contribution in [0.2, 0.25) is 0 Å². The van der Waals surface area contributed by atoms with Crippen LogP contribution in [0.15, 0.2) is 89.3 Å². The Hall–Kier alpha value is -3.64. The SMILES string of the molecule is O=C(NC(=S)Nc1cccc(CNc2ccccc2)c1)c1cc2ccccc2o1. The van der Waals surface area contributed by atoms with E-state index in [0.717, 1.165) is 22.3 Å². The Kier molecular flexibility index (Phi) is 5.54. The van der Waals surface area contributed by atoms with E-state index in [1.165, 1.54) is 0 Å². The van der Waals surface area contributed by atoms with Gasteiger partial charge in [0.05, 0.1) is 0 Å². The van der Waals surface area contributed by atoms with E-state index in [4.69, 9.17) is 16.6 Å². The number of benzene rings is 3. The van der Waals surface area contributed by atoms with Gasteiger partial charge < -0.3 is 15.1 Å². The Labute approximate surface area is 173 Å². The molecule has 0 saturated heterocycles. The van der Waals surface area contributed by atoms with Crippen LogP contribution in [0.1, 0.15) is 16.1 Å². The average molecular weight is 401 g/mol. The van der Waals surface area contributed by atoms with Crippen LogP contribution in [0.5, 0.6) is 0 Å². The summed E-state index contributed by atoms with van der Waals surface area (Å²) < 4.78 is 5.57. The zero-order chi connectivity index (χ0) is 20.1. The van der Waals surface area contributed by atoms with E-state index in [2.05, 4.69) is 16.0 Å². The molecule has 3 N–H and O–H groups in total. The topological polar surface area (TPSA) is 66.3 Å². The molecular weight excluding hydrogens is 382 g/mol. The van der Waals surface area contributed by atoms with Crippen LogP contribution < -0.4 is 16.0 Å². The minimum atomic E-state index is -0.388. The highest BCUT2D eigenvalue weighted by atomic mass is 32.1. The van der Waals surface area contributed by atoms with Gasteiger partial charge in [-0.15, -0.1) is 0 Å². The first-order valence-electron chi connectivity index (χ1n) is 9.16. The molecule has 4 aromatic rings. The molecule has 1 amide bonds. The van der Waals surface area contributed by atoms with Gasteiger partial charge in [0, 0.05) is 23.3 Å². The van der Waals surface area contributed by atoms with Crippen molar-refractivity contribution in [1.82, 2.24) is 5.32 Å². The zero-order valence-electron chi connectivity index (χ0n) is 15.5. The van der Waals surface area contributed by atoms with Crippen molar-refractivity contribution in [2.45, 2.75) is 6.54 Å². The van der Waals surface area contributed by atoms with E-state index >= 15 is 0 Å². The summed E-state index contributed by atoms with van der Waals surface area (Å²) >= 11 is 5.28. The van der Waals surface area contributed by atoms with Crippen molar-refractivity contribution < 1.29 is 9.21 Å². The van der Waals surface area contributed by atoms with Crippen LogP contribution >= 0.6 is 12.2 Å². The molecule has 0 saturated carbocycles. The summed E-state index contributed by atoms with van der Waals surface area (Å²) in [4.78, 5) is 12.4. The normalized spacial score (nSPS) is 10.5. The minimum Gasteiger partial charge on any atom is -0.451 e. The largest absolute Gasteiger partial charge is 0.451 e. The number of carbonyl (C=O) groups is 1. The number of furan rings is 1. The molecule has 6 heteroatoms. The summed E-state index contributed by atoms with van der Waals surface area (Å²) in [5.41, 5.74) is 3.60. The lowest BCUT2D eigenvalue weighted by atomic mass is 10.2. The first-order valence-corrected chi connectivity index (χ1v) is 9.57. The van der Waals surface area contributed by atoms with Crippen molar-refractivity contribution in [3.63, 3.8) is 0 Å². The Bertz CT molecular complexity index is 1120. The molecule has 1 aromatic heterocycles. The summed E-state index contributed by atoms with van der Waals surface area (Å²) in [5.74, 6) is -0.170. The predicted octanol–water partition coefficient (Wildman–Crippen LogP) is 5.17. The third-order valence-electron chi connectivity index (χ3n) is 4.33. The fourth-order valence-corrected chi connectivity index (χ4v) is 3.15.